The highest BCUT2D eigenvalue weighted by atomic mass is 32.1. The van der Waals surface area contributed by atoms with Gasteiger partial charge in [-0.2, -0.15) is 0 Å². The van der Waals surface area contributed by atoms with E-state index in [-0.39, 0.29) is 5.91 Å². The van der Waals surface area contributed by atoms with E-state index in [9.17, 15) is 4.79 Å². The average Bonchev–Trinajstić information content (AvgIpc) is 3.06. The summed E-state index contributed by atoms with van der Waals surface area (Å²) in [6, 6.07) is 9.01. The zero-order valence-electron chi connectivity index (χ0n) is 18.1. The molecular weight excluding hydrogens is 382 g/mol. The third-order valence-corrected chi connectivity index (χ3v) is 6.74. The number of ether oxygens (including phenoxy) is 1. The van der Waals surface area contributed by atoms with Crippen molar-refractivity contribution in [3.8, 4) is 0 Å². The summed E-state index contributed by atoms with van der Waals surface area (Å²) in [4.78, 5) is 22.3. The van der Waals surface area contributed by atoms with Crippen molar-refractivity contribution in [3.05, 3.63) is 51.0 Å². The molecule has 0 aliphatic carbocycles. The van der Waals surface area contributed by atoms with Crippen molar-refractivity contribution in [1.82, 2.24) is 14.8 Å². The zero-order chi connectivity index (χ0) is 20.8. The molecule has 3 rings (SSSR count). The number of likely N-dealkylation sites (N-methyl/N-ethyl adjacent to an activating group) is 1. The fourth-order valence-electron chi connectivity index (χ4n) is 3.97. The monoisotopic (exact) mass is 415 g/mol. The number of carbonyl (C=O) groups is 1. The van der Waals surface area contributed by atoms with Gasteiger partial charge in [-0.25, -0.2) is 4.98 Å². The van der Waals surface area contributed by atoms with Crippen LogP contribution in [0.2, 0.25) is 0 Å². The van der Waals surface area contributed by atoms with Crippen LogP contribution in [0.5, 0.6) is 0 Å². The smallest absolute Gasteiger partial charge is 0.265 e. The van der Waals surface area contributed by atoms with E-state index in [1.807, 2.05) is 18.7 Å². The first-order valence-electron chi connectivity index (χ1n) is 10.4. The van der Waals surface area contributed by atoms with Gasteiger partial charge >= 0.3 is 0 Å². The number of benzene rings is 1. The number of aryl methyl sites for hydroxylation is 2. The van der Waals surface area contributed by atoms with Gasteiger partial charge in [0.15, 0.2) is 0 Å². The first-order chi connectivity index (χ1) is 14.0. The number of carbonyl (C=O) groups excluding carboxylic acids is 1. The molecule has 0 bridgehead atoms. The summed E-state index contributed by atoms with van der Waals surface area (Å²) in [5.41, 5.74) is 3.60. The molecule has 1 saturated heterocycles. The molecule has 1 amide bonds. The lowest BCUT2D eigenvalue weighted by atomic mass is 9.90. The van der Waals surface area contributed by atoms with Gasteiger partial charge in [0.2, 0.25) is 0 Å². The molecule has 2 aromatic rings. The van der Waals surface area contributed by atoms with Gasteiger partial charge in [-0.3, -0.25) is 9.69 Å². The molecule has 0 unspecified atom stereocenters. The second-order valence-electron chi connectivity index (χ2n) is 8.13. The van der Waals surface area contributed by atoms with Crippen molar-refractivity contribution < 1.29 is 9.53 Å². The van der Waals surface area contributed by atoms with Crippen LogP contribution in [-0.2, 0) is 17.7 Å². The largest absolute Gasteiger partial charge is 0.383 e. The Balaban J connectivity index is 1.47. The number of piperidine rings is 1. The van der Waals surface area contributed by atoms with Crippen LogP contribution in [-0.4, -0.2) is 61.1 Å². The number of amides is 1. The summed E-state index contributed by atoms with van der Waals surface area (Å²) in [7, 11) is 3.86. The van der Waals surface area contributed by atoms with Crippen LogP contribution in [0.1, 0.15) is 44.3 Å². The lowest BCUT2D eigenvalue weighted by Crippen LogP contribution is -2.38. The van der Waals surface area contributed by atoms with Crippen molar-refractivity contribution in [2.24, 2.45) is 5.92 Å². The van der Waals surface area contributed by atoms with E-state index < -0.39 is 0 Å². The highest BCUT2D eigenvalue weighted by molar-refractivity contribution is 7.13. The molecule has 2 heterocycles. The number of nitrogens with zero attached hydrogens (tertiary/aromatic N) is 3. The Hall–Kier alpha value is -1.76. The Labute approximate surface area is 178 Å². The van der Waals surface area contributed by atoms with Gasteiger partial charge in [-0.15, -0.1) is 11.3 Å². The van der Waals surface area contributed by atoms with Gasteiger partial charge in [0, 0.05) is 33.3 Å². The van der Waals surface area contributed by atoms with E-state index in [2.05, 4.69) is 41.2 Å². The fourth-order valence-corrected chi connectivity index (χ4v) is 4.85. The van der Waals surface area contributed by atoms with Crippen molar-refractivity contribution in [2.45, 2.75) is 39.7 Å². The molecule has 6 heteroatoms. The van der Waals surface area contributed by atoms with Gasteiger partial charge in [-0.1, -0.05) is 24.3 Å². The Kier molecular flexibility index (Phi) is 7.81. The van der Waals surface area contributed by atoms with E-state index in [1.165, 1.54) is 22.5 Å². The maximum atomic E-state index is 12.8. The Morgan fingerprint density at radius 2 is 1.86 bits per heavy atom. The molecule has 5 nitrogen and oxygen atoms in total. The number of hydrogen-bond acceptors (Lipinski definition) is 5. The van der Waals surface area contributed by atoms with Crippen molar-refractivity contribution >= 4 is 17.2 Å². The molecular formula is C23H33N3O2S. The molecule has 0 atom stereocenters. The molecule has 0 spiro atoms. The Bertz CT molecular complexity index is 795. The molecule has 1 fully saturated rings. The van der Waals surface area contributed by atoms with Gasteiger partial charge in [0.1, 0.15) is 4.88 Å². The first kappa shape index (κ1) is 21.9. The number of aromatic nitrogens is 1. The van der Waals surface area contributed by atoms with Crippen LogP contribution in [0.3, 0.4) is 0 Å². The highest BCUT2D eigenvalue weighted by Gasteiger charge is 2.26. The fraction of sp³-hybridized carbons (Fsp3) is 0.565. The average molecular weight is 416 g/mol. The standard InChI is InChI=1S/C23H33N3O2S/c1-17-22(29-18(2)24-17)23(27)26-11-9-20(10-12-26)15-19-5-7-21(8-6-19)16-25(3)13-14-28-4/h5-8,20H,9-16H2,1-4H3. The number of hydrogen-bond donors (Lipinski definition) is 0. The summed E-state index contributed by atoms with van der Waals surface area (Å²) in [6.07, 6.45) is 3.24. The summed E-state index contributed by atoms with van der Waals surface area (Å²) in [5.74, 6) is 0.812. The highest BCUT2D eigenvalue weighted by Crippen LogP contribution is 2.25. The number of likely N-dealkylation sites (tertiary alicyclic amines) is 1. The number of rotatable bonds is 8. The van der Waals surface area contributed by atoms with E-state index in [4.69, 9.17) is 4.74 Å². The molecule has 1 aromatic heterocycles. The van der Waals surface area contributed by atoms with Crippen LogP contribution in [0.15, 0.2) is 24.3 Å². The first-order valence-corrected chi connectivity index (χ1v) is 11.3. The summed E-state index contributed by atoms with van der Waals surface area (Å²) in [6.45, 7) is 8.24. The summed E-state index contributed by atoms with van der Waals surface area (Å²) in [5, 5.41) is 0.967. The molecule has 0 radical (unpaired) electrons. The molecule has 158 valence electrons. The predicted octanol–water partition coefficient (Wildman–Crippen LogP) is 3.93. The molecule has 1 aromatic carbocycles. The van der Waals surface area contributed by atoms with Crippen molar-refractivity contribution in [3.63, 3.8) is 0 Å². The lowest BCUT2D eigenvalue weighted by molar-refractivity contribution is 0.0694. The number of methoxy groups -OCH3 is 1. The third kappa shape index (κ3) is 6.11. The van der Waals surface area contributed by atoms with Crippen molar-refractivity contribution in [1.29, 1.82) is 0 Å². The topological polar surface area (TPSA) is 45.7 Å². The van der Waals surface area contributed by atoms with Crippen LogP contribution in [0.25, 0.3) is 0 Å². The van der Waals surface area contributed by atoms with Gasteiger partial charge in [-0.05, 0) is 57.2 Å². The van der Waals surface area contributed by atoms with E-state index >= 15 is 0 Å². The van der Waals surface area contributed by atoms with Gasteiger partial charge < -0.3 is 9.64 Å². The Morgan fingerprint density at radius 3 is 2.45 bits per heavy atom. The van der Waals surface area contributed by atoms with Gasteiger partial charge in [0.25, 0.3) is 5.91 Å². The van der Waals surface area contributed by atoms with Gasteiger partial charge in [0.05, 0.1) is 17.3 Å². The zero-order valence-corrected chi connectivity index (χ0v) is 18.9. The number of thiazole rings is 1. The SMILES string of the molecule is COCCN(C)Cc1ccc(CC2CCN(C(=O)c3sc(C)nc3C)CC2)cc1. The molecule has 0 saturated carbocycles. The molecule has 1 aliphatic rings. The van der Waals surface area contributed by atoms with Crippen LogP contribution >= 0.6 is 11.3 Å². The maximum absolute atomic E-state index is 12.8. The second kappa shape index (κ2) is 10.3. The van der Waals surface area contributed by atoms with Crippen LogP contribution < -0.4 is 0 Å². The summed E-state index contributed by atoms with van der Waals surface area (Å²) < 4.78 is 5.14. The predicted molar refractivity (Wildman–Crippen MR) is 119 cm³/mol. The van der Waals surface area contributed by atoms with Crippen molar-refractivity contribution in [2.75, 3.05) is 40.4 Å². The quantitative estimate of drug-likeness (QED) is 0.655. The van der Waals surface area contributed by atoms with Crippen LogP contribution in [0.4, 0.5) is 0 Å². The normalized spacial score (nSPS) is 15.3. The maximum Gasteiger partial charge on any atom is 0.265 e. The molecule has 29 heavy (non-hydrogen) atoms. The molecule has 0 N–H and O–H groups in total. The van der Waals surface area contributed by atoms with E-state index in [0.717, 1.165) is 67.6 Å². The lowest BCUT2D eigenvalue weighted by Gasteiger charge is -2.32. The van der Waals surface area contributed by atoms with E-state index in [1.54, 1.807) is 7.11 Å². The minimum atomic E-state index is 0.161. The third-order valence-electron chi connectivity index (χ3n) is 5.68. The van der Waals surface area contributed by atoms with E-state index in [0.29, 0.717) is 5.92 Å². The second-order valence-corrected chi connectivity index (χ2v) is 9.34. The molecule has 1 aliphatic heterocycles. The minimum absolute atomic E-state index is 0.161. The summed E-state index contributed by atoms with van der Waals surface area (Å²) >= 11 is 1.52. The minimum Gasteiger partial charge on any atom is -0.383 e. The Morgan fingerprint density at radius 1 is 1.21 bits per heavy atom. The van der Waals surface area contributed by atoms with Crippen LogP contribution in [0, 0.1) is 19.8 Å².